The predicted octanol–water partition coefficient (Wildman–Crippen LogP) is 1.88. The second-order valence-corrected chi connectivity index (χ2v) is 6.06. The third-order valence-corrected chi connectivity index (χ3v) is 4.09. The largest absolute Gasteiger partial charge is 0.383 e. The van der Waals surface area contributed by atoms with E-state index in [1.54, 1.807) is 31.4 Å². The topological polar surface area (TPSA) is 70.7 Å². The molecule has 0 atom stereocenters. The second-order valence-electron chi connectivity index (χ2n) is 6.06. The number of nitrogens with one attached hydrogen (secondary N) is 2. The van der Waals surface area contributed by atoms with E-state index in [4.69, 9.17) is 4.74 Å². The van der Waals surface area contributed by atoms with E-state index < -0.39 is 0 Å². The number of benzene rings is 1. The van der Waals surface area contributed by atoms with Crippen LogP contribution < -0.4 is 10.6 Å². The maximum Gasteiger partial charge on any atom is 0.251 e. The van der Waals surface area contributed by atoms with Crippen LogP contribution in [0.5, 0.6) is 0 Å². The number of carbonyl (C=O) groups is 2. The van der Waals surface area contributed by atoms with Crippen LogP contribution >= 0.6 is 0 Å². The molecule has 1 aliphatic rings. The van der Waals surface area contributed by atoms with Crippen molar-refractivity contribution in [1.82, 2.24) is 10.2 Å². The van der Waals surface area contributed by atoms with E-state index in [0.29, 0.717) is 30.9 Å². The van der Waals surface area contributed by atoms with Crippen LogP contribution in [0.1, 0.15) is 36.0 Å². The average molecular weight is 333 g/mol. The number of hydrogen-bond acceptors (Lipinski definition) is 4. The fourth-order valence-corrected chi connectivity index (χ4v) is 2.77. The molecule has 2 amide bonds. The number of ether oxygens (including phenoxy) is 1. The fraction of sp³-hybridized carbons (Fsp3) is 0.556. The van der Waals surface area contributed by atoms with Crippen molar-refractivity contribution in [2.24, 2.45) is 0 Å². The maximum atomic E-state index is 12.1. The molecule has 0 unspecified atom stereocenters. The van der Waals surface area contributed by atoms with E-state index >= 15 is 0 Å². The van der Waals surface area contributed by atoms with Crippen LogP contribution in [0, 0.1) is 0 Å². The van der Waals surface area contributed by atoms with Gasteiger partial charge in [-0.05, 0) is 50.2 Å². The Bertz CT molecular complexity index is 523. The second kappa shape index (κ2) is 10.1. The van der Waals surface area contributed by atoms with Crippen molar-refractivity contribution in [2.75, 3.05) is 45.2 Å². The summed E-state index contributed by atoms with van der Waals surface area (Å²) >= 11 is 0. The van der Waals surface area contributed by atoms with Gasteiger partial charge in [0.2, 0.25) is 5.91 Å². The first-order chi connectivity index (χ1) is 11.7. The highest BCUT2D eigenvalue weighted by molar-refractivity contribution is 5.96. The van der Waals surface area contributed by atoms with Gasteiger partial charge in [-0.3, -0.25) is 14.5 Å². The molecule has 0 radical (unpaired) electrons. The summed E-state index contributed by atoms with van der Waals surface area (Å²) in [5.41, 5.74) is 1.28. The molecule has 1 aromatic rings. The lowest BCUT2D eigenvalue weighted by Crippen LogP contribution is -2.33. The quantitative estimate of drug-likeness (QED) is 0.748. The summed E-state index contributed by atoms with van der Waals surface area (Å²) in [6.45, 7) is 3.38. The number of carbonyl (C=O) groups excluding carboxylic acids is 2. The first-order valence-corrected chi connectivity index (χ1v) is 8.58. The number of nitrogens with zero attached hydrogens (tertiary/aromatic N) is 1. The Kier molecular flexibility index (Phi) is 7.71. The molecule has 1 saturated heterocycles. The Morgan fingerprint density at radius 2 is 1.75 bits per heavy atom. The van der Waals surface area contributed by atoms with Gasteiger partial charge in [-0.2, -0.15) is 0 Å². The van der Waals surface area contributed by atoms with Crippen molar-refractivity contribution in [2.45, 2.75) is 25.7 Å². The lowest BCUT2D eigenvalue weighted by Gasteiger charge is -2.19. The van der Waals surface area contributed by atoms with Gasteiger partial charge in [-0.15, -0.1) is 0 Å². The summed E-state index contributed by atoms with van der Waals surface area (Å²) < 4.78 is 4.89. The summed E-state index contributed by atoms with van der Waals surface area (Å²) in [7, 11) is 1.59. The fourth-order valence-electron chi connectivity index (χ4n) is 2.77. The lowest BCUT2D eigenvalue weighted by molar-refractivity contribution is -0.117. The Morgan fingerprint density at radius 3 is 2.38 bits per heavy atom. The van der Waals surface area contributed by atoms with Crippen LogP contribution in [-0.2, 0) is 9.53 Å². The van der Waals surface area contributed by atoms with Gasteiger partial charge in [0.25, 0.3) is 5.91 Å². The molecule has 132 valence electrons. The number of hydrogen-bond donors (Lipinski definition) is 2. The zero-order chi connectivity index (χ0) is 17.2. The molecule has 1 aromatic carbocycles. The van der Waals surface area contributed by atoms with Gasteiger partial charge < -0.3 is 15.4 Å². The van der Waals surface area contributed by atoms with Crippen molar-refractivity contribution >= 4 is 17.5 Å². The standard InChI is InChI=1S/C18H27N3O3/c1-24-13-10-19-18(23)15-6-8-16(9-7-15)20-17(22)14-21-11-4-2-3-5-12-21/h6-9H,2-5,10-14H2,1H3,(H,19,23)(H,20,22). The van der Waals surface area contributed by atoms with Gasteiger partial charge in [0.1, 0.15) is 0 Å². The molecule has 1 heterocycles. The Hall–Kier alpha value is -1.92. The minimum absolute atomic E-state index is 0.00537. The predicted molar refractivity (Wildman–Crippen MR) is 94.2 cm³/mol. The molecule has 2 rings (SSSR count). The molecular weight excluding hydrogens is 306 g/mol. The first kappa shape index (κ1) is 18.4. The lowest BCUT2D eigenvalue weighted by atomic mass is 10.2. The number of amides is 2. The molecule has 24 heavy (non-hydrogen) atoms. The number of rotatable bonds is 7. The van der Waals surface area contributed by atoms with Crippen LogP contribution in [0.4, 0.5) is 5.69 Å². The van der Waals surface area contributed by atoms with E-state index in [1.807, 2.05) is 0 Å². The van der Waals surface area contributed by atoms with Crippen LogP contribution in [0.25, 0.3) is 0 Å². The molecule has 1 aliphatic heterocycles. The van der Waals surface area contributed by atoms with E-state index in [0.717, 1.165) is 13.1 Å². The molecule has 6 nitrogen and oxygen atoms in total. The zero-order valence-corrected chi connectivity index (χ0v) is 14.3. The molecule has 6 heteroatoms. The number of methoxy groups -OCH3 is 1. The number of likely N-dealkylation sites (tertiary alicyclic amines) is 1. The van der Waals surface area contributed by atoms with Crippen LogP contribution in [0.3, 0.4) is 0 Å². The van der Waals surface area contributed by atoms with Crippen LogP contribution in [-0.4, -0.2) is 56.6 Å². The molecule has 0 bridgehead atoms. The Morgan fingerprint density at radius 1 is 1.08 bits per heavy atom. The number of anilines is 1. The molecule has 0 aliphatic carbocycles. The molecule has 0 spiro atoms. The normalized spacial score (nSPS) is 15.5. The summed E-state index contributed by atoms with van der Waals surface area (Å²) in [4.78, 5) is 26.2. The van der Waals surface area contributed by atoms with Crippen molar-refractivity contribution in [1.29, 1.82) is 0 Å². The summed E-state index contributed by atoms with van der Waals surface area (Å²) in [5, 5.41) is 5.66. The van der Waals surface area contributed by atoms with Crippen molar-refractivity contribution in [3.05, 3.63) is 29.8 Å². The summed E-state index contributed by atoms with van der Waals surface area (Å²) in [6.07, 6.45) is 4.85. The van der Waals surface area contributed by atoms with Gasteiger partial charge in [0, 0.05) is 24.9 Å². The van der Waals surface area contributed by atoms with Crippen LogP contribution in [0.2, 0.25) is 0 Å². The SMILES string of the molecule is COCCNC(=O)c1ccc(NC(=O)CN2CCCCCC2)cc1. The summed E-state index contributed by atoms with van der Waals surface area (Å²) in [5.74, 6) is -0.149. The summed E-state index contributed by atoms with van der Waals surface area (Å²) in [6, 6.07) is 6.94. The third-order valence-electron chi connectivity index (χ3n) is 4.09. The van der Waals surface area contributed by atoms with Gasteiger partial charge >= 0.3 is 0 Å². The van der Waals surface area contributed by atoms with Gasteiger partial charge in [-0.1, -0.05) is 12.8 Å². The van der Waals surface area contributed by atoms with E-state index in [9.17, 15) is 9.59 Å². The minimum Gasteiger partial charge on any atom is -0.383 e. The molecular formula is C18H27N3O3. The van der Waals surface area contributed by atoms with E-state index in [2.05, 4.69) is 15.5 Å². The molecule has 0 saturated carbocycles. The van der Waals surface area contributed by atoms with Crippen molar-refractivity contribution < 1.29 is 14.3 Å². The monoisotopic (exact) mass is 333 g/mol. The van der Waals surface area contributed by atoms with Crippen molar-refractivity contribution in [3.63, 3.8) is 0 Å². The van der Waals surface area contributed by atoms with Crippen molar-refractivity contribution in [3.8, 4) is 0 Å². The van der Waals surface area contributed by atoms with Gasteiger partial charge in [-0.25, -0.2) is 0 Å². The Labute approximate surface area is 143 Å². The first-order valence-electron chi connectivity index (χ1n) is 8.58. The smallest absolute Gasteiger partial charge is 0.251 e. The third kappa shape index (κ3) is 6.29. The van der Waals surface area contributed by atoms with E-state index in [1.165, 1.54) is 25.7 Å². The van der Waals surface area contributed by atoms with Gasteiger partial charge in [0.05, 0.1) is 13.2 Å². The minimum atomic E-state index is -0.144. The highest BCUT2D eigenvalue weighted by atomic mass is 16.5. The zero-order valence-electron chi connectivity index (χ0n) is 14.3. The maximum absolute atomic E-state index is 12.1. The highest BCUT2D eigenvalue weighted by Gasteiger charge is 2.13. The average Bonchev–Trinajstić information content (AvgIpc) is 2.84. The molecule has 0 aromatic heterocycles. The molecule has 2 N–H and O–H groups in total. The highest BCUT2D eigenvalue weighted by Crippen LogP contribution is 2.12. The van der Waals surface area contributed by atoms with E-state index in [-0.39, 0.29) is 11.8 Å². The van der Waals surface area contributed by atoms with Crippen LogP contribution in [0.15, 0.2) is 24.3 Å². The van der Waals surface area contributed by atoms with Gasteiger partial charge in [0.15, 0.2) is 0 Å². The molecule has 1 fully saturated rings. The Balaban J connectivity index is 1.79.